The fourth-order valence-corrected chi connectivity index (χ4v) is 4.12. The van der Waals surface area contributed by atoms with Gasteiger partial charge in [-0.1, -0.05) is 54.1 Å². The number of aromatic nitrogens is 1. The van der Waals surface area contributed by atoms with Crippen LogP contribution in [0.25, 0.3) is 11.3 Å². The van der Waals surface area contributed by atoms with E-state index < -0.39 is 0 Å². The van der Waals surface area contributed by atoms with Crippen molar-refractivity contribution in [1.82, 2.24) is 9.88 Å². The number of anilines is 1. The molecule has 0 unspecified atom stereocenters. The van der Waals surface area contributed by atoms with Gasteiger partial charge >= 0.3 is 0 Å². The Kier molecular flexibility index (Phi) is 5.02. The largest absolute Gasteiger partial charge is 0.346 e. The maximum Gasteiger partial charge on any atom is 0.185 e. The van der Waals surface area contributed by atoms with Crippen LogP contribution in [0.3, 0.4) is 0 Å². The van der Waals surface area contributed by atoms with Gasteiger partial charge in [-0.05, 0) is 17.7 Å². The summed E-state index contributed by atoms with van der Waals surface area (Å²) in [7, 11) is 0. The van der Waals surface area contributed by atoms with Crippen molar-refractivity contribution in [3.05, 3.63) is 70.6 Å². The molecule has 2 aromatic carbocycles. The lowest BCUT2D eigenvalue weighted by molar-refractivity contribution is 0.250. The first kappa shape index (κ1) is 16.6. The van der Waals surface area contributed by atoms with Crippen LogP contribution >= 0.6 is 22.9 Å². The molecule has 0 radical (unpaired) electrons. The number of nitrogens with zero attached hydrogens (tertiary/aromatic N) is 3. The first-order valence-electron chi connectivity index (χ1n) is 8.51. The molecule has 0 aliphatic carbocycles. The van der Waals surface area contributed by atoms with Gasteiger partial charge in [0, 0.05) is 48.7 Å². The molecule has 0 atom stereocenters. The molecule has 3 nitrogen and oxygen atoms in total. The number of hydrogen-bond donors (Lipinski definition) is 0. The van der Waals surface area contributed by atoms with E-state index in [-0.39, 0.29) is 0 Å². The van der Waals surface area contributed by atoms with Gasteiger partial charge in [-0.25, -0.2) is 4.98 Å². The van der Waals surface area contributed by atoms with Crippen molar-refractivity contribution in [2.45, 2.75) is 6.54 Å². The highest BCUT2D eigenvalue weighted by molar-refractivity contribution is 7.14. The van der Waals surface area contributed by atoms with E-state index in [4.69, 9.17) is 16.6 Å². The molecule has 1 aliphatic heterocycles. The smallest absolute Gasteiger partial charge is 0.185 e. The monoisotopic (exact) mass is 369 g/mol. The van der Waals surface area contributed by atoms with Crippen LogP contribution in [0.4, 0.5) is 5.13 Å². The van der Waals surface area contributed by atoms with E-state index in [2.05, 4.69) is 45.5 Å². The Morgan fingerprint density at radius 3 is 2.36 bits per heavy atom. The zero-order chi connectivity index (χ0) is 17.1. The maximum atomic E-state index is 5.97. The van der Waals surface area contributed by atoms with Gasteiger partial charge < -0.3 is 4.90 Å². The molecular formula is C20H20ClN3S. The molecule has 0 amide bonds. The van der Waals surface area contributed by atoms with Gasteiger partial charge in [-0.15, -0.1) is 11.3 Å². The Hall–Kier alpha value is -1.88. The number of rotatable bonds is 4. The lowest BCUT2D eigenvalue weighted by atomic mass is 10.2. The summed E-state index contributed by atoms with van der Waals surface area (Å²) >= 11 is 7.69. The van der Waals surface area contributed by atoms with Gasteiger partial charge in [0.25, 0.3) is 0 Å². The van der Waals surface area contributed by atoms with E-state index in [1.807, 2.05) is 24.3 Å². The van der Waals surface area contributed by atoms with Crippen LogP contribution in [0, 0.1) is 0 Å². The van der Waals surface area contributed by atoms with Crippen LogP contribution in [-0.2, 0) is 6.54 Å². The fraction of sp³-hybridized carbons (Fsp3) is 0.250. The number of halogens is 1. The second kappa shape index (κ2) is 7.56. The zero-order valence-electron chi connectivity index (χ0n) is 13.9. The highest BCUT2D eigenvalue weighted by atomic mass is 35.5. The summed E-state index contributed by atoms with van der Waals surface area (Å²) in [4.78, 5) is 9.73. The minimum Gasteiger partial charge on any atom is -0.346 e. The molecule has 1 saturated heterocycles. The molecule has 25 heavy (non-hydrogen) atoms. The number of hydrogen-bond acceptors (Lipinski definition) is 4. The SMILES string of the molecule is Clc1ccc(-c2csc(N3CCN(Cc4ccccc4)CC3)n2)cc1. The van der Waals surface area contributed by atoms with Crippen molar-refractivity contribution in [2.75, 3.05) is 31.1 Å². The molecule has 5 heteroatoms. The average Bonchev–Trinajstić information content (AvgIpc) is 3.14. The molecule has 0 N–H and O–H groups in total. The molecular weight excluding hydrogens is 350 g/mol. The first-order valence-corrected chi connectivity index (χ1v) is 9.76. The van der Waals surface area contributed by atoms with E-state index >= 15 is 0 Å². The average molecular weight is 370 g/mol. The third-order valence-electron chi connectivity index (χ3n) is 4.52. The minimum atomic E-state index is 0.758. The van der Waals surface area contributed by atoms with Gasteiger partial charge in [-0.2, -0.15) is 0 Å². The second-order valence-corrected chi connectivity index (χ2v) is 7.54. The van der Waals surface area contributed by atoms with Crippen LogP contribution in [0.5, 0.6) is 0 Å². The Morgan fingerprint density at radius 2 is 1.64 bits per heavy atom. The zero-order valence-corrected chi connectivity index (χ0v) is 15.5. The van der Waals surface area contributed by atoms with Gasteiger partial charge in [0.1, 0.15) is 0 Å². The van der Waals surface area contributed by atoms with Gasteiger partial charge in [0.15, 0.2) is 5.13 Å². The topological polar surface area (TPSA) is 19.4 Å². The first-order chi connectivity index (χ1) is 12.3. The second-order valence-electron chi connectivity index (χ2n) is 6.27. The Morgan fingerprint density at radius 1 is 0.920 bits per heavy atom. The summed E-state index contributed by atoms with van der Waals surface area (Å²) in [6.07, 6.45) is 0. The van der Waals surface area contributed by atoms with Crippen molar-refractivity contribution in [2.24, 2.45) is 0 Å². The van der Waals surface area contributed by atoms with E-state index in [9.17, 15) is 0 Å². The molecule has 0 saturated carbocycles. The van der Waals surface area contributed by atoms with Gasteiger partial charge in [0.2, 0.25) is 0 Å². The standard InChI is InChI=1S/C20H20ClN3S/c21-18-8-6-17(7-9-18)19-15-25-20(22-19)24-12-10-23(11-13-24)14-16-4-2-1-3-5-16/h1-9,15H,10-14H2. The summed E-state index contributed by atoms with van der Waals surface area (Å²) in [5.74, 6) is 0. The number of piperazine rings is 1. The molecule has 0 bridgehead atoms. The third kappa shape index (κ3) is 4.03. The molecule has 1 fully saturated rings. The Labute approximate surface area is 157 Å². The molecule has 1 aliphatic rings. The summed E-state index contributed by atoms with van der Waals surface area (Å²) in [6, 6.07) is 18.6. The predicted molar refractivity (Wildman–Crippen MR) is 106 cm³/mol. The normalized spacial score (nSPS) is 15.5. The number of thiazole rings is 1. The molecule has 2 heterocycles. The van der Waals surface area contributed by atoms with Gasteiger partial charge in [-0.3, -0.25) is 4.90 Å². The van der Waals surface area contributed by atoms with Crippen LogP contribution in [0.1, 0.15) is 5.56 Å². The summed E-state index contributed by atoms with van der Waals surface area (Å²) < 4.78 is 0. The van der Waals surface area contributed by atoms with Crippen molar-refractivity contribution >= 4 is 28.1 Å². The van der Waals surface area contributed by atoms with Crippen molar-refractivity contribution < 1.29 is 0 Å². The van der Waals surface area contributed by atoms with E-state index in [0.717, 1.165) is 54.1 Å². The van der Waals surface area contributed by atoms with Crippen molar-refractivity contribution in [3.63, 3.8) is 0 Å². The summed E-state index contributed by atoms with van der Waals surface area (Å²) in [5, 5.41) is 4.01. The Bertz CT molecular complexity index is 808. The summed E-state index contributed by atoms with van der Waals surface area (Å²) in [6.45, 7) is 5.24. The van der Waals surface area contributed by atoms with Crippen molar-refractivity contribution in [1.29, 1.82) is 0 Å². The van der Waals surface area contributed by atoms with Crippen LogP contribution < -0.4 is 4.90 Å². The maximum absolute atomic E-state index is 5.97. The Balaban J connectivity index is 1.37. The molecule has 3 aromatic rings. The van der Waals surface area contributed by atoms with E-state index in [0.29, 0.717) is 0 Å². The van der Waals surface area contributed by atoms with Crippen LogP contribution in [0.15, 0.2) is 60.0 Å². The minimum absolute atomic E-state index is 0.758. The van der Waals surface area contributed by atoms with Crippen LogP contribution in [0.2, 0.25) is 5.02 Å². The highest BCUT2D eigenvalue weighted by Crippen LogP contribution is 2.29. The predicted octanol–water partition coefficient (Wildman–Crippen LogP) is 4.79. The molecule has 4 rings (SSSR count). The van der Waals surface area contributed by atoms with Crippen LogP contribution in [-0.4, -0.2) is 36.1 Å². The van der Waals surface area contributed by atoms with Crippen molar-refractivity contribution in [3.8, 4) is 11.3 Å². The molecule has 0 spiro atoms. The molecule has 128 valence electrons. The molecule has 1 aromatic heterocycles. The quantitative estimate of drug-likeness (QED) is 0.659. The third-order valence-corrected chi connectivity index (χ3v) is 5.68. The highest BCUT2D eigenvalue weighted by Gasteiger charge is 2.19. The van der Waals surface area contributed by atoms with Gasteiger partial charge in [0.05, 0.1) is 5.69 Å². The lowest BCUT2D eigenvalue weighted by Crippen LogP contribution is -2.45. The summed E-state index contributed by atoms with van der Waals surface area (Å²) in [5.41, 5.74) is 3.54. The van der Waals surface area contributed by atoms with E-state index in [1.165, 1.54) is 5.56 Å². The number of benzene rings is 2. The van der Waals surface area contributed by atoms with E-state index in [1.54, 1.807) is 11.3 Å². The lowest BCUT2D eigenvalue weighted by Gasteiger charge is -2.34. The fourth-order valence-electron chi connectivity index (χ4n) is 3.10.